The summed E-state index contributed by atoms with van der Waals surface area (Å²) < 4.78 is 33.4. The van der Waals surface area contributed by atoms with Gasteiger partial charge in [-0.2, -0.15) is 0 Å². The number of aryl methyl sites for hydroxylation is 2. The van der Waals surface area contributed by atoms with Crippen molar-refractivity contribution >= 4 is 40.0 Å². The van der Waals surface area contributed by atoms with Crippen molar-refractivity contribution < 1.29 is 13.2 Å². The highest BCUT2D eigenvalue weighted by atomic mass is 127. The lowest BCUT2D eigenvalue weighted by molar-refractivity contribution is 0.105. The maximum atomic E-state index is 12.6. The minimum Gasteiger partial charge on any atom is -0.382 e. The molecule has 0 heterocycles. The van der Waals surface area contributed by atoms with Crippen LogP contribution in [-0.2, 0) is 14.8 Å². The molecule has 0 radical (unpaired) electrons. The fraction of sp³-hybridized carbons (Fsp3) is 0.682. The smallest absolute Gasteiger partial charge is 0.240 e. The lowest BCUT2D eigenvalue weighted by atomic mass is 9.83. The molecule has 0 aliphatic heterocycles. The zero-order valence-corrected chi connectivity index (χ0v) is 22.4. The molecule has 1 aromatic rings. The highest BCUT2D eigenvalue weighted by molar-refractivity contribution is 14.0. The number of rotatable bonds is 11. The third kappa shape index (κ3) is 8.86. The van der Waals surface area contributed by atoms with E-state index in [0.717, 1.165) is 37.3 Å². The zero-order valence-electron chi connectivity index (χ0n) is 19.3. The van der Waals surface area contributed by atoms with Gasteiger partial charge in [-0.3, -0.25) is 4.99 Å². The fourth-order valence-electron chi connectivity index (χ4n) is 4.01. The Morgan fingerprint density at radius 1 is 1.16 bits per heavy atom. The van der Waals surface area contributed by atoms with Crippen molar-refractivity contribution in [3.8, 4) is 0 Å². The number of benzene rings is 1. The molecule has 1 aliphatic carbocycles. The molecule has 3 N–H and O–H groups in total. The number of hydrogen-bond acceptors (Lipinski definition) is 4. The van der Waals surface area contributed by atoms with Crippen molar-refractivity contribution in [2.24, 2.45) is 10.4 Å². The molecule has 1 aliphatic rings. The highest BCUT2D eigenvalue weighted by Gasteiger charge is 2.33. The summed E-state index contributed by atoms with van der Waals surface area (Å²) in [6.07, 6.45) is 6.00. The van der Waals surface area contributed by atoms with Crippen LogP contribution in [0.3, 0.4) is 0 Å². The number of ether oxygens (including phenoxy) is 1. The van der Waals surface area contributed by atoms with Gasteiger partial charge in [0.1, 0.15) is 0 Å². The van der Waals surface area contributed by atoms with Gasteiger partial charge in [-0.25, -0.2) is 13.1 Å². The van der Waals surface area contributed by atoms with Gasteiger partial charge in [-0.1, -0.05) is 25.0 Å². The van der Waals surface area contributed by atoms with Crippen molar-refractivity contribution in [3.63, 3.8) is 0 Å². The summed E-state index contributed by atoms with van der Waals surface area (Å²) in [7, 11) is -1.80. The van der Waals surface area contributed by atoms with E-state index < -0.39 is 10.0 Å². The fourth-order valence-corrected chi connectivity index (χ4v) is 5.37. The first-order chi connectivity index (χ1) is 14.3. The van der Waals surface area contributed by atoms with Gasteiger partial charge in [0.05, 0.1) is 4.90 Å². The zero-order chi connectivity index (χ0) is 22.0. The van der Waals surface area contributed by atoms with Crippen LogP contribution in [0.25, 0.3) is 0 Å². The number of sulfonamides is 1. The molecule has 1 fully saturated rings. The Hall–Kier alpha value is -0.910. The lowest BCUT2D eigenvalue weighted by Gasteiger charge is -2.30. The normalized spacial score (nSPS) is 16.1. The largest absolute Gasteiger partial charge is 0.382 e. The summed E-state index contributed by atoms with van der Waals surface area (Å²) in [4.78, 5) is 4.62. The van der Waals surface area contributed by atoms with E-state index >= 15 is 0 Å². The molecule has 0 spiro atoms. The van der Waals surface area contributed by atoms with E-state index in [2.05, 4.69) is 20.3 Å². The number of aliphatic imine (C=N–C) groups is 1. The summed E-state index contributed by atoms with van der Waals surface area (Å²) in [5.41, 5.74) is 1.93. The molecule has 31 heavy (non-hydrogen) atoms. The van der Waals surface area contributed by atoms with Crippen molar-refractivity contribution in [2.75, 3.05) is 39.9 Å². The second kappa shape index (κ2) is 13.6. The van der Waals surface area contributed by atoms with Crippen molar-refractivity contribution in [1.82, 2.24) is 15.4 Å². The second-order valence-electron chi connectivity index (χ2n) is 8.17. The molecular formula is C22H39IN4O3S. The Morgan fingerprint density at radius 2 is 1.87 bits per heavy atom. The van der Waals surface area contributed by atoms with Gasteiger partial charge >= 0.3 is 0 Å². The van der Waals surface area contributed by atoms with E-state index in [9.17, 15) is 8.42 Å². The minimum absolute atomic E-state index is 0. The van der Waals surface area contributed by atoms with Gasteiger partial charge in [0, 0.05) is 39.9 Å². The first-order valence-electron chi connectivity index (χ1n) is 10.9. The first kappa shape index (κ1) is 28.1. The molecule has 0 unspecified atom stereocenters. The van der Waals surface area contributed by atoms with Crippen molar-refractivity contribution in [2.45, 2.75) is 57.8 Å². The lowest BCUT2D eigenvalue weighted by Crippen LogP contribution is -2.45. The SMILES string of the molecule is CCOCCC1(CNC(=NC)NCCNS(=O)(=O)c2cc(C)ccc2C)CCCC1.I. The molecule has 0 saturated heterocycles. The van der Waals surface area contributed by atoms with Crippen LogP contribution >= 0.6 is 24.0 Å². The van der Waals surface area contributed by atoms with Crippen LogP contribution in [0, 0.1) is 19.3 Å². The molecule has 0 atom stereocenters. The van der Waals surface area contributed by atoms with E-state index in [1.807, 2.05) is 32.9 Å². The Labute approximate surface area is 205 Å². The van der Waals surface area contributed by atoms with Crippen LogP contribution in [-0.4, -0.2) is 54.3 Å². The first-order valence-corrected chi connectivity index (χ1v) is 12.4. The highest BCUT2D eigenvalue weighted by Crippen LogP contribution is 2.40. The van der Waals surface area contributed by atoms with Crippen LogP contribution in [0.1, 0.15) is 50.2 Å². The number of nitrogens with one attached hydrogen (secondary N) is 3. The summed E-state index contributed by atoms with van der Waals surface area (Å²) in [5, 5.41) is 6.64. The third-order valence-electron chi connectivity index (χ3n) is 5.84. The summed E-state index contributed by atoms with van der Waals surface area (Å²) in [6.45, 7) is 8.87. The van der Waals surface area contributed by atoms with Gasteiger partial charge in [0.2, 0.25) is 10.0 Å². The molecule has 2 rings (SSSR count). The summed E-state index contributed by atoms with van der Waals surface area (Å²) in [5.74, 6) is 0.698. The standard InChI is InChI=1S/C22H38N4O3S.HI/c1-5-29-15-12-22(10-6-7-11-22)17-25-21(23-4)24-13-14-26-30(27,28)20-16-18(2)8-9-19(20)3;/h8-9,16,26H,5-7,10-15,17H2,1-4H3,(H2,23,24,25);1H. The third-order valence-corrected chi connectivity index (χ3v) is 7.45. The topological polar surface area (TPSA) is 91.8 Å². The van der Waals surface area contributed by atoms with Crippen molar-refractivity contribution in [1.29, 1.82) is 0 Å². The van der Waals surface area contributed by atoms with Gasteiger partial charge in [-0.15, -0.1) is 24.0 Å². The molecule has 0 aromatic heterocycles. The van der Waals surface area contributed by atoms with Gasteiger partial charge < -0.3 is 15.4 Å². The van der Waals surface area contributed by atoms with E-state index in [1.165, 1.54) is 25.7 Å². The summed E-state index contributed by atoms with van der Waals surface area (Å²) in [6, 6.07) is 5.45. The monoisotopic (exact) mass is 566 g/mol. The molecule has 178 valence electrons. The van der Waals surface area contributed by atoms with E-state index in [4.69, 9.17) is 4.74 Å². The molecule has 1 saturated carbocycles. The number of hydrogen-bond donors (Lipinski definition) is 3. The Morgan fingerprint density at radius 3 is 2.52 bits per heavy atom. The Kier molecular flexibility index (Phi) is 12.3. The van der Waals surface area contributed by atoms with Crippen LogP contribution in [0.2, 0.25) is 0 Å². The molecule has 9 heteroatoms. The Balaban J connectivity index is 0.00000480. The van der Waals surface area contributed by atoms with E-state index in [1.54, 1.807) is 13.1 Å². The number of guanidine groups is 1. The second-order valence-corrected chi connectivity index (χ2v) is 9.91. The van der Waals surface area contributed by atoms with Gasteiger partial charge in [0.15, 0.2) is 5.96 Å². The summed E-state index contributed by atoms with van der Waals surface area (Å²) >= 11 is 0. The maximum Gasteiger partial charge on any atom is 0.240 e. The average molecular weight is 567 g/mol. The van der Waals surface area contributed by atoms with Crippen LogP contribution < -0.4 is 15.4 Å². The van der Waals surface area contributed by atoms with Crippen LogP contribution in [0.15, 0.2) is 28.1 Å². The molecule has 0 bridgehead atoms. The predicted molar refractivity (Wildman–Crippen MR) is 138 cm³/mol. The number of halogens is 1. The Bertz CT molecular complexity index is 809. The molecular weight excluding hydrogens is 527 g/mol. The van der Waals surface area contributed by atoms with Crippen LogP contribution in [0.5, 0.6) is 0 Å². The maximum absolute atomic E-state index is 12.6. The minimum atomic E-state index is -3.53. The molecule has 7 nitrogen and oxygen atoms in total. The van der Waals surface area contributed by atoms with Crippen molar-refractivity contribution in [3.05, 3.63) is 29.3 Å². The quantitative estimate of drug-likeness (QED) is 0.166. The van der Waals surface area contributed by atoms with E-state index in [-0.39, 0.29) is 35.9 Å². The molecule has 1 aromatic carbocycles. The van der Waals surface area contributed by atoms with Crippen LogP contribution in [0.4, 0.5) is 0 Å². The average Bonchev–Trinajstić information content (AvgIpc) is 3.18. The predicted octanol–water partition coefficient (Wildman–Crippen LogP) is 3.35. The van der Waals surface area contributed by atoms with E-state index in [0.29, 0.717) is 17.4 Å². The molecule has 0 amide bonds. The van der Waals surface area contributed by atoms with Gasteiger partial charge in [0.25, 0.3) is 0 Å². The van der Waals surface area contributed by atoms with Gasteiger partial charge in [-0.05, 0) is 62.6 Å². The number of nitrogens with zero attached hydrogens (tertiary/aromatic N) is 1.